The number of hydrogen-bond acceptors (Lipinski definition) is 4. The molecule has 1 aromatic heterocycles. The summed E-state index contributed by atoms with van der Waals surface area (Å²) in [7, 11) is 1.41. The van der Waals surface area contributed by atoms with Crippen LogP contribution in [-0.4, -0.2) is 24.1 Å². The molecule has 24 heavy (non-hydrogen) atoms. The smallest absolute Gasteiger partial charge is 0.323 e. The van der Waals surface area contributed by atoms with Gasteiger partial charge in [0, 0.05) is 18.7 Å². The van der Waals surface area contributed by atoms with Crippen LogP contribution in [0.4, 0.5) is 20.6 Å². The van der Waals surface area contributed by atoms with Crippen molar-refractivity contribution < 1.29 is 18.5 Å². The zero-order valence-electron chi connectivity index (χ0n) is 13.3. The predicted molar refractivity (Wildman–Crippen MR) is 85.6 cm³/mol. The van der Waals surface area contributed by atoms with Gasteiger partial charge in [-0.25, -0.2) is 9.18 Å². The Labute approximate surface area is 137 Å². The van der Waals surface area contributed by atoms with E-state index in [-0.39, 0.29) is 5.56 Å². The summed E-state index contributed by atoms with van der Waals surface area (Å²) in [6, 6.07) is 3.26. The fourth-order valence-corrected chi connectivity index (χ4v) is 2.35. The normalized spacial score (nSPS) is 13.5. The summed E-state index contributed by atoms with van der Waals surface area (Å²) >= 11 is 0. The number of amides is 3. The third-order valence-corrected chi connectivity index (χ3v) is 3.77. The Morgan fingerprint density at radius 3 is 2.71 bits per heavy atom. The molecule has 0 spiro atoms. The van der Waals surface area contributed by atoms with Gasteiger partial charge in [0.15, 0.2) is 5.76 Å². The fourth-order valence-electron chi connectivity index (χ4n) is 2.35. The molecular weight excluding hydrogens is 315 g/mol. The lowest BCUT2D eigenvalue weighted by atomic mass is 10.1. The highest BCUT2D eigenvalue weighted by Crippen LogP contribution is 2.44. The summed E-state index contributed by atoms with van der Waals surface area (Å²) in [6.45, 7) is 1.74. The van der Waals surface area contributed by atoms with Crippen LogP contribution in [0, 0.1) is 12.7 Å². The lowest BCUT2D eigenvalue weighted by Gasteiger charge is -2.09. The first-order chi connectivity index (χ1) is 11.5. The van der Waals surface area contributed by atoms with Crippen molar-refractivity contribution in [2.24, 2.45) is 0 Å². The van der Waals surface area contributed by atoms with Gasteiger partial charge in [-0.2, -0.15) is 0 Å². The lowest BCUT2D eigenvalue weighted by Crippen LogP contribution is -2.22. The largest absolute Gasteiger partial charge is 0.359 e. The molecule has 3 rings (SSSR count). The van der Waals surface area contributed by atoms with E-state index in [0.29, 0.717) is 28.7 Å². The van der Waals surface area contributed by atoms with Crippen LogP contribution < -0.4 is 16.0 Å². The van der Waals surface area contributed by atoms with Crippen LogP contribution in [-0.2, 0) is 0 Å². The second-order valence-corrected chi connectivity index (χ2v) is 5.63. The van der Waals surface area contributed by atoms with Crippen LogP contribution in [0.15, 0.2) is 22.7 Å². The second kappa shape index (κ2) is 6.31. The zero-order valence-corrected chi connectivity index (χ0v) is 13.3. The molecule has 0 saturated heterocycles. The molecule has 0 aliphatic heterocycles. The molecule has 8 heteroatoms. The van der Waals surface area contributed by atoms with Gasteiger partial charge in [-0.3, -0.25) is 4.79 Å². The van der Waals surface area contributed by atoms with Gasteiger partial charge in [-0.1, -0.05) is 5.16 Å². The van der Waals surface area contributed by atoms with E-state index < -0.39 is 17.8 Å². The molecule has 0 unspecified atom stereocenters. The summed E-state index contributed by atoms with van der Waals surface area (Å²) in [6.07, 6.45) is 2.02. The molecule has 126 valence electrons. The molecule has 1 saturated carbocycles. The number of benzene rings is 1. The minimum Gasteiger partial charge on any atom is -0.359 e. The second-order valence-electron chi connectivity index (χ2n) is 5.63. The van der Waals surface area contributed by atoms with Gasteiger partial charge >= 0.3 is 6.03 Å². The highest BCUT2D eigenvalue weighted by atomic mass is 19.1. The van der Waals surface area contributed by atoms with E-state index in [1.165, 1.54) is 19.2 Å². The molecule has 1 aliphatic carbocycles. The monoisotopic (exact) mass is 332 g/mol. The average Bonchev–Trinajstić information content (AvgIpc) is 3.34. The highest BCUT2D eigenvalue weighted by molar-refractivity contribution is 6.02. The Morgan fingerprint density at radius 2 is 2.04 bits per heavy atom. The predicted octanol–water partition coefficient (Wildman–Crippen LogP) is 3.00. The van der Waals surface area contributed by atoms with Crippen molar-refractivity contribution in [3.8, 4) is 0 Å². The van der Waals surface area contributed by atoms with Crippen molar-refractivity contribution in [1.82, 2.24) is 10.5 Å². The summed E-state index contributed by atoms with van der Waals surface area (Å²) in [5.41, 5.74) is 1.31. The molecular formula is C16H17FN4O3. The van der Waals surface area contributed by atoms with Crippen molar-refractivity contribution in [2.45, 2.75) is 25.7 Å². The number of halogens is 1. The Morgan fingerprint density at radius 1 is 1.29 bits per heavy atom. The SMILES string of the molecule is CNC(=O)c1cc(NC(=O)Nc2c(C)noc2C2CC2)ccc1F. The van der Waals surface area contributed by atoms with Crippen LogP contribution in [0.2, 0.25) is 0 Å². The molecule has 0 bridgehead atoms. The van der Waals surface area contributed by atoms with Crippen LogP contribution >= 0.6 is 0 Å². The molecule has 1 aromatic carbocycles. The van der Waals surface area contributed by atoms with Gasteiger partial charge in [-0.15, -0.1) is 0 Å². The van der Waals surface area contributed by atoms with Crippen LogP contribution in [0.1, 0.15) is 40.6 Å². The van der Waals surface area contributed by atoms with Crippen LogP contribution in [0.5, 0.6) is 0 Å². The Hall–Kier alpha value is -2.90. The summed E-state index contributed by atoms with van der Waals surface area (Å²) in [5, 5.41) is 11.5. The van der Waals surface area contributed by atoms with Gasteiger partial charge in [0.25, 0.3) is 5.91 Å². The number of rotatable bonds is 4. The summed E-state index contributed by atoms with van der Waals surface area (Å²) in [5.74, 6) is -0.256. The van der Waals surface area contributed by atoms with Crippen molar-refractivity contribution in [3.63, 3.8) is 0 Å². The number of nitrogens with one attached hydrogen (secondary N) is 3. The van der Waals surface area contributed by atoms with Crippen LogP contribution in [0.3, 0.4) is 0 Å². The number of nitrogens with zero attached hydrogens (tertiary/aromatic N) is 1. The lowest BCUT2D eigenvalue weighted by molar-refractivity contribution is 0.0959. The molecule has 1 heterocycles. The number of carbonyl (C=O) groups is 2. The highest BCUT2D eigenvalue weighted by Gasteiger charge is 2.32. The Balaban J connectivity index is 1.74. The maximum atomic E-state index is 13.6. The molecule has 3 N–H and O–H groups in total. The molecule has 0 atom stereocenters. The van der Waals surface area contributed by atoms with E-state index in [4.69, 9.17) is 4.52 Å². The van der Waals surface area contributed by atoms with E-state index in [9.17, 15) is 14.0 Å². The minimum absolute atomic E-state index is 0.143. The van der Waals surface area contributed by atoms with E-state index in [1.54, 1.807) is 6.92 Å². The summed E-state index contributed by atoms with van der Waals surface area (Å²) in [4.78, 5) is 23.8. The van der Waals surface area contributed by atoms with Crippen molar-refractivity contribution in [2.75, 3.05) is 17.7 Å². The first kappa shape index (κ1) is 16.0. The summed E-state index contributed by atoms with van der Waals surface area (Å²) < 4.78 is 18.9. The quantitative estimate of drug-likeness (QED) is 0.802. The molecule has 1 aliphatic rings. The molecule has 0 radical (unpaired) electrons. The fraction of sp³-hybridized carbons (Fsp3) is 0.312. The van der Waals surface area contributed by atoms with Crippen LogP contribution in [0.25, 0.3) is 0 Å². The number of urea groups is 1. The van der Waals surface area contributed by atoms with E-state index in [0.717, 1.165) is 18.9 Å². The number of hydrogen-bond donors (Lipinski definition) is 3. The van der Waals surface area contributed by atoms with Gasteiger partial charge in [0.2, 0.25) is 0 Å². The van der Waals surface area contributed by atoms with E-state index in [1.807, 2.05) is 0 Å². The Kier molecular flexibility index (Phi) is 4.20. The molecule has 1 fully saturated rings. The van der Waals surface area contributed by atoms with Crippen molar-refractivity contribution in [1.29, 1.82) is 0 Å². The maximum Gasteiger partial charge on any atom is 0.323 e. The standard InChI is InChI=1S/C16H17FN4O3/c1-8-13(14(24-21-8)9-3-4-9)20-16(23)19-10-5-6-12(17)11(7-10)15(22)18-2/h5-7,9H,3-4H2,1-2H3,(H,18,22)(H2,19,20,23). The topological polar surface area (TPSA) is 96.3 Å². The number of carbonyl (C=O) groups excluding carboxylic acids is 2. The van der Waals surface area contributed by atoms with Gasteiger partial charge in [-0.05, 0) is 38.0 Å². The van der Waals surface area contributed by atoms with Crippen molar-refractivity contribution in [3.05, 3.63) is 41.0 Å². The number of aromatic nitrogens is 1. The molecule has 7 nitrogen and oxygen atoms in total. The maximum absolute atomic E-state index is 13.6. The van der Waals surface area contributed by atoms with Gasteiger partial charge in [0.05, 0.1) is 5.56 Å². The molecule has 2 aromatic rings. The van der Waals surface area contributed by atoms with Crippen molar-refractivity contribution >= 4 is 23.3 Å². The van der Waals surface area contributed by atoms with E-state index >= 15 is 0 Å². The van der Waals surface area contributed by atoms with Gasteiger partial charge < -0.3 is 20.5 Å². The molecule has 3 amide bonds. The first-order valence-electron chi connectivity index (χ1n) is 7.55. The number of anilines is 2. The van der Waals surface area contributed by atoms with E-state index in [2.05, 4.69) is 21.1 Å². The first-order valence-corrected chi connectivity index (χ1v) is 7.55. The minimum atomic E-state index is -0.661. The number of aryl methyl sites for hydroxylation is 1. The Bertz CT molecular complexity index is 799. The third-order valence-electron chi connectivity index (χ3n) is 3.77. The zero-order chi connectivity index (χ0) is 17.3. The van der Waals surface area contributed by atoms with Gasteiger partial charge in [0.1, 0.15) is 17.2 Å². The third kappa shape index (κ3) is 3.22. The average molecular weight is 332 g/mol.